The van der Waals surface area contributed by atoms with Crippen LogP contribution < -0.4 is 0 Å². The molecular weight excluding hydrogens is 298 g/mol. The van der Waals surface area contributed by atoms with Gasteiger partial charge in [0.1, 0.15) is 0 Å². The van der Waals surface area contributed by atoms with E-state index in [9.17, 15) is 4.79 Å². The van der Waals surface area contributed by atoms with Crippen LogP contribution in [0.25, 0.3) is 0 Å². The Morgan fingerprint density at radius 3 is 2.54 bits per heavy atom. The number of carbonyl (C=O) groups is 1. The van der Waals surface area contributed by atoms with E-state index in [4.69, 9.17) is 34.8 Å². The van der Waals surface area contributed by atoms with Crippen LogP contribution in [0, 0.1) is 0 Å². The zero-order chi connectivity index (χ0) is 10.0. The number of carbonyl (C=O) groups excluding carboxylic acids is 1. The van der Waals surface area contributed by atoms with E-state index in [1.54, 1.807) is 18.2 Å². The van der Waals surface area contributed by atoms with Gasteiger partial charge in [-0.3, -0.25) is 4.79 Å². The molecule has 1 aromatic carbocycles. The molecule has 0 radical (unpaired) electrons. The quantitative estimate of drug-likeness (QED) is 0.594. The zero-order valence-electron chi connectivity index (χ0n) is 6.23. The van der Waals surface area contributed by atoms with Gasteiger partial charge in [0.15, 0.2) is 10.6 Å². The Balaban J connectivity index is 3.13. The molecule has 0 aliphatic heterocycles. The monoisotopic (exact) mass is 300 g/mol. The third kappa shape index (κ3) is 2.84. The summed E-state index contributed by atoms with van der Waals surface area (Å²) in [5.74, 6) is -0.394. The lowest BCUT2D eigenvalue weighted by Crippen LogP contribution is -2.08. The van der Waals surface area contributed by atoms with Gasteiger partial charge in [-0.25, -0.2) is 0 Å². The van der Waals surface area contributed by atoms with Crippen LogP contribution in [0.3, 0.4) is 0 Å². The van der Waals surface area contributed by atoms with Crippen LogP contribution in [-0.2, 0) is 0 Å². The molecule has 0 bridgehead atoms. The number of ketones is 1. The molecule has 0 aliphatic carbocycles. The van der Waals surface area contributed by atoms with Crippen molar-refractivity contribution < 1.29 is 4.79 Å². The Morgan fingerprint density at radius 1 is 1.38 bits per heavy atom. The lowest BCUT2D eigenvalue weighted by atomic mass is 10.1. The van der Waals surface area contributed by atoms with Crippen molar-refractivity contribution in [2.45, 2.75) is 4.84 Å². The van der Waals surface area contributed by atoms with E-state index in [1.807, 2.05) is 0 Å². The van der Waals surface area contributed by atoms with E-state index in [2.05, 4.69) is 15.9 Å². The highest BCUT2D eigenvalue weighted by molar-refractivity contribution is 9.10. The van der Waals surface area contributed by atoms with E-state index < -0.39 is 10.6 Å². The fourth-order valence-corrected chi connectivity index (χ4v) is 1.61. The molecule has 1 rings (SSSR count). The fourth-order valence-electron chi connectivity index (χ4n) is 0.804. The van der Waals surface area contributed by atoms with E-state index in [-0.39, 0.29) is 0 Å². The molecular formula is C8H4BrCl3O. The van der Waals surface area contributed by atoms with Gasteiger partial charge in [0.2, 0.25) is 0 Å². The van der Waals surface area contributed by atoms with Crippen LogP contribution >= 0.6 is 50.7 Å². The minimum atomic E-state index is -1.08. The highest BCUT2D eigenvalue weighted by atomic mass is 79.9. The normalized spacial score (nSPS) is 10.5. The topological polar surface area (TPSA) is 17.1 Å². The Morgan fingerprint density at radius 2 is 2.00 bits per heavy atom. The molecule has 0 N–H and O–H groups in total. The lowest BCUT2D eigenvalue weighted by molar-refractivity contribution is 0.101. The van der Waals surface area contributed by atoms with Gasteiger partial charge in [-0.1, -0.05) is 50.7 Å². The molecule has 0 amide bonds. The molecule has 0 unspecified atom stereocenters. The molecule has 5 heteroatoms. The smallest absolute Gasteiger partial charge is 0.197 e. The number of alkyl halides is 2. The predicted molar refractivity (Wildman–Crippen MR) is 59.0 cm³/mol. The Labute approximate surface area is 99.1 Å². The Bertz CT molecular complexity index is 338. The summed E-state index contributed by atoms with van der Waals surface area (Å²) >= 11 is 19.9. The molecule has 0 aromatic heterocycles. The summed E-state index contributed by atoms with van der Waals surface area (Å²) in [4.78, 5) is 10.3. The maximum atomic E-state index is 11.3. The summed E-state index contributed by atoms with van der Waals surface area (Å²) in [6.07, 6.45) is 0. The van der Waals surface area contributed by atoms with Gasteiger partial charge < -0.3 is 0 Å². The molecule has 0 fully saturated rings. The van der Waals surface area contributed by atoms with Crippen LogP contribution in [-0.4, -0.2) is 10.6 Å². The number of benzene rings is 1. The molecule has 0 atom stereocenters. The molecule has 0 saturated heterocycles. The third-order valence-corrected chi connectivity index (χ3v) is 2.61. The number of Topliss-reactive ketones (excluding diaryl/α,β-unsaturated/α-hetero) is 1. The van der Waals surface area contributed by atoms with Gasteiger partial charge >= 0.3 is 0 Å². The number of halogens is 4. The minimum Gasteiger partial charge on any atom is -0.291 e. The van der Waals surface area contributed by atoms with Crippen molar-refractivity contribution in [2.75, 3.05) is 0 Å². The van der Waals surface area contributed by atoms with Crippen LogP contribution in [0.1, 0.15) is 10.4 Å². The fraction of sp³-hybridized carbons (Fsp3) is 0.125. The van der Waals surface area contributed by atoms with E-state index in [0.717, 1.165) is 4.47 Å². The van der Waals surface area contributed by atoms with Crippen molar-refractivity contribution in [1.82, 2.24) is 0 Å². The van der Waals surface area contributed by atoms with E-state index in [1.165, 1.54) is 0 Å². The molecule has 1 nitrogen and oxygen atoms in total. The number of hydrogen-bond acceptors (Lipinski definition) is 1. The molecule has 0 heterocycles. The summed E-state index contributed by atoms with van der Waals surface area (Å²) in [5.41, 5.74) is 0.325. The van der Waals surface area contributed by atoms with Gasteiger partial charge in [-0.15, -0.1) is 0 Å². The van der Waals surface area contributed by atoms with Crippen LogP contribution in [0.4, 0.5) is 0 Å². The number of hydrogen-bond donors (Lipinski definition) is 0. The summed E-state index contributed by atoms with van der Waals surface area (Å²) in [7, 11) is 0. The van der Waals surface area contributed by atoms with E-state index >= 15 is 0 Å². The van der Waals surface area contributed by atoms with Crippen molar-refractivity contribution in [3.8, 4) is 0 Å². The molecule has 13 heavy (non-hydrogen) atoms. The van der Waals surface area contributed by atoms with Gasteiger partial charge in [-0.05, 0) is 18.2 Å². The molecule has 70 valence electrons. The average molecular weight is 302 g/mol. The van der Waals surface area contributed by atoms with Crippen molar-refractivity contribution in [1.29, 1.82) is 0 Å². The lowest BCUT2D eigenvalue weighted by Gasteiger charge is -2.03. The summed E-state index contributed by atoms with van der Waals surface area (Å²) < 4.78 is 0.759. The Kier molecular flexibility index (Phi) is 4.05. The summed E-state index contributed by atoms with van der Waals surface area (Å²) in [5, 5.41) is 0.347. The van der Waals surface area contributed by atoms with Crippen LogP contribution in [0.2, 0.25) is 5.02 Å². The highest BCUT2D eigenvalue weighted by Crippen LogP contribution is 2.24. The van der Waals surface area contributed by atoms with Gasteiger partial charge in [0, 0.05) is 10.0 Å². The largest absolute Gasteiger partial charge is 0.291 e. The maximum absolute atomic E-state index is 11.3. The van der Waals surface area contributed by atoms with Crippen molar-refractivity contribution in [2.24, 2.45) is 0 Å². The third-order valence-electron chi connectivity index (χ3n) is 1.39. The van der Waals surface area contributed by atoms with Crippen molar-refractivity contribution >= 4 is 56.5 Å². The molecule has 1 aromatic rings. The van der Waals surface area contributed by atoms with Crippen molar-refractivity contribution in [3.63, 3.8) is 0 Å². The standard InChI is InChI=1S/C8H4BrCl3O/c9-4-1-2-6(10)5(3-4)7(13)8(11)12/h1-3,8H. The maximum Gasteiger partial charge on any atom is 0.197 e. The first kappa shape index (κ1) is 11.3. The number of rotatable bonds is 2. The first-order chi connectivity index (χ1) is 6.02. The zero-order valence-corrected chi connectivity index (χ0v) is 10.1. The van der Waals surface area contributed by atoms with Crippen LogP contribution in [0.15, 0.2) is 22.7 Å². The second kappa shape index (κ2) is 4.65. The first-order valence-electron chi connectivity index (χ1n) is 3.30. The second-order valence-corrected chi connectivity index (χ2v) is 4.71. The van der Waals surface area contributed by atoms with Gasteiger partial charge in [-0.2, -0.15) is 0 Å². The Hall–Kier alpha value is 0.240. The molecule has 0 saturated carbocycles. The molecule has 0 aliphatic rings. The van der Waals surface area contributed by atoms with E-state index in [0.29, 0.717) is 10.6 Å². The first-order valence-corrected chi connectivity index (χ1v) is 5.34. The highest BCUT2D eigenvalue weighted by Gasteiger charge is 2.17. The minimum absolute atomic E-state index is 0.325. The molecule has 0 spiro atoms. The predicted octanol–water partition coefficient (Wildman–Crippen LogP) is 4.09. The van der Waals surface area contributed by atoms with Crippen molar-refractivity contribution in [3.05, 3.63) is 33.3 Å². The summed E-state index contributed by atoms with van der Waals surface area (Å²) in [6.45, 7) is 0. The summed E-state index contributed by atoms with van der Waals surface area (Å²) in [6, 6.07) is 4.92. The average Bonchev–Trinajstić information content (AvgIpc) is 2.08. The van der Waals surface area contributed by atoms with Gasteiger partial charge in [0.25, 0.3) is 0 Å². The SMILES string of the molecule is O=C(c1cc(Br)ccc1Cl)C(Cl)Cl. The van der Waals surface area contributed by atoms with Gasteiger partial charge in [0.05, 0.1) is 5.02 Å². The second-order valence-electron chi connectivity index (χ2n) is 2.29. The van der Waals surface area contributed by atoms with Crippen LogP contribution in [0.5, 0.6) is 0 Å².